The summed E-state index contributed by atoms with van der Waals surface area (Å²) < 4.78 is 0. The lowest BCUT2D eigenvalue weighted by molar-refractivity contribution is -0.120. The van der Waals surface area contributed by atoms with Crippen molar-refractivity contribution in [1.29, 1.82) is 0 Å². The molecule has 0 radical (unpaired) electrons. The molecule has 0 bridgehead atoms. The average Bonchev–Trinajstić information content (AvgIpc) is 2.55. The highest BCUT2D eigenvalue weighted by molar-refractivity contribution is 5.99. The van der Waals surface area contributed by atoms with E-state index in [-0.39, 0.29) is 17.9 Å². The average molecular weight is 294 g/mol. The second kappa shape index (κ2) is 6.32. The molecule has 0 fully saturated rings. The number of carbonyl (C=O) groups is 1. The van der Waals surface area contributed by atoms with Gasteiger partial charge in [-0.2, -0.15) is 0 Å². The van der Waals surface area contributed by atoms with Crippen LogP contribution in [0.5, 0.6) is 0 Å². The third-order valence-corrected chi connectivity index (χ3v) is 4.36. The standard InChI is InChI=1S/C19H22N2O/c1-2-17(14-8-4-3-5-9-14)19(22)21-13-16(20)12-15-10-6-7-11-18(15)21/h3-11,16-17H,2,12-13,20H2,1H3. The molecule has 22 heavy (non-hydrogen) atoms. The highest BCUT2D eigenvalue weighted by Gasteiger charge is 2.30. The highest BCUT2D eigenvalue weighted by atomic mass is 16.2. The Morgan fingerprint density at radius 3 is 2.59 bits per heavy atom. The Morgan fingerprint density at radius 2 is 1.86 bits per heavy atom. The van der Waals surface area contributed by atoms with E-state index in [1.54, 1.807) is 0 Å². The first-order valence-electron chi connectivity index (χ1n) is 7.90. The van der Waals surface area contributed by atoms with Crippen molar-refractivity contribution in [3.05, 3.63) is 65.7 Å². The fraction of sp³-hybridized carbons (Fsp3) is 0.316. The predicted octanol–water partition coefficient (Wildman–Crippen LogP) is 3.10. The van der Waals surface area contributed by atoms with Crippen LogP contribution in [0.2, 0.25) is 0 Å². The van der Waals surface area contributed by atoms with Crippen LogP contribution in [0.4, 0.5) is 5.69 Å². The minimum Gasteiger partial charge on any atom is -0.326 e. The molecule has 0 saturated heterocycles. The molecule has 2 N–H and O–H groups in total. The highest BCUT2D eigenvalue weighted by Crippen LogP contribution is 2.31. The molecule has 1 heterocycles. The van der Waals surface area contributed by atoms with Gasteiger partial charge >= 0.3 is 0 Å². The van der Waals surface area contributed by atoms with Crippen LogP contribution in [-0.2, 0) is 11.2 Å². The fourth-order valence-corrected chi connectivity index (χ4v) is 3.26. The van der Waals surface area contributed by atoms with Gasteiger partial charge in [0.2, 0.25) is 5.91 Å². The lowest BCUT2D eigenvalue weighted by Gasteiger charge is -2.35. The maximum atomic E-state index is 13.1. The van der Waals surface area contributed by atoms with E-state index in [9.17, 15) is 4.79 Å². The zero-order chi connectivity index (χ0) is 15.5. The number of hydrogen-bond donors (Lipinski definition) is 1. The molecule has 2 aromatic carbocycles. The molecule has 3 rings (SSSR count). The molecule has 1 aliphatic heterocycles. The number of para-hydroxylation sites is 1. The van der Waals surface area contributed by atoms with E-state index in [0.29, 0.717) is 6.54 Å². The Hall–Kier alpha value is -2.13. The van der Waals surface area contributed by atoms with Gasteiger partial charge in [-0.3, -0.25) is 4.79 Å². The molecule has 2 unspecified atom stereocenters. The molecule has 1 aliphatic rings. The van der Waals surface area contributed by atoms with E-state index in [1.165, 1.54) is 0 Å². The molecule has 0 aliphatic carbocycles. The summed E-state index contributed by atoms with van der Waals surface area (Å²) in [6, 6.07) is 18.1. The first-order chi connectivity index (χ1) is 10.7. The van der Waals surface area contributed by atoms with Crippen LogP contribution in [0.25, 0.3) is 0 Å². The van der Waals surface area contributed by atoms with Crippen molar-refractivity contribution in [1.82, 2.24) is 0 Å². The first-order valence-corrected chi connectivity index (χ1v) is 7.90. The van der Waals surface area contributed by atoms with Crippen LogP contribution in [0, 0.1) is 0 Å². The number of hydrogen-bond acceptors (Lipinski definition) is 2. The van der Waals surface area contributed by atoms with Crippen LogP contribution in [0.15, 0.2) is 54.6 Å². The molecule has 3 nitrogen and oxygen atoms in total. The molecule has 114 valence electrons. The third kappa shape index (κ3) is 2.77. The number of nitrogens with zero attached hydrogens (tertiary/aromatic N) is 1. The molecule has 1 amide bonds. The second-order valence-electron chi connectivity index (χ2n) is 5.91. The molecule has 0 aromatic heterocycles. The summed E-state index contributed by atoms with van der Waals surface area (Å²) >= 11 is 0. The SMILES string of the molecule is CCC(C(=O)N1CC(N)Cc2ccccc21)c1ccccc1. The van der Waals surface area contributed by atoms with Gasteiger partial charge in [0.1, 0.15) is 0 Å². The van der Waals surface area contributed by atoms with E-state index in [4.69, 9.17) is 5.73 Å². The molecule has 0 saturated carbocycles. The van der Waals surface area contributed by atoms with Gasteiger partial charge in [0.25, 0.3) is 0 Å². The summed E-state index contributed by atoms with van der Waals surface area (Å²) in [6.07, 6.45) is 1.62. The maximum Gasteiger partial charge on any atom is 0.234 e. The Morgan fingerprint density at radius 1 is 1.18 bits per heavy atom. The summed E-state index contributed by atoms with van der Waals surface area (Å²) in [4.78, 5) is 15.0. The van der Waals surface area contributed by atoms with E-state index >= 15 is 0 Å². The molecular formula is C19H22N2O. The van der Waals surface area contributed by atoms with E-state index in [2.05, 4.69) is 13.0 Å². The summed E-state index contributed by atoms with van der Waals surface area (Å²) in [7, 11) is 0. The molecular weight excluding hydrogens is 272 g/mol. The zero-order valence-electron chi connectivity index (χ0n) is 12.9. The lowest BCUT2D eigenvalue weighted by atomic mass is 9.92. The summed E-state index contributed by atoms with van der Waals surface area (Å²) in [5.74, 6) is 0.0378. The smallest absolute Gasteiger partial charge is 0.234 e. The molecule has 3 heteroatoms. The predicted molar refractivity (Wildman–Crippen MR) is 89.9 cm³/mol. The fourth-order valence-electron chi connectivity index (χ4n) is 3.26. The van der Waals surface area contributed by atoms with E-state index in [0.717, 1.165) is 29.7 Å². The maximum absolute atomic E-state index is 13.1. The van der Waals surface area contributed by atoms with Gasteiger partial charge in [0, 0.05) is 18.3 Å². The van der Waals surface area contributed by atoms with Crippen molar-refractivity contribution in [2.24, 2.45) is 5.73 Å². The van der Waals surface area contributed by atoms with Crippen molar-refractivity contribution in [2.45, 2.75) is 31.7 Å². The Balaban J connectivity index is 1.94. The van der Waals surface area contributed by atoms with Gasteiger partial charge in [0.05, 0.1) is 5.92 Å². The van der Waals surface area contributed by atoms with Crippen molar-refractivity contribution < 1.29 is 4.79 Å². The number of rotatable bonds is 3. The molecule has 2 aromatic rings. The number of benzene rings is 2. The van der Waals surface area contributed by atoms with Crippen LogP contribution < -0.4 is 10.6 Å². The Bertz CT molecular complexity index is 653. The van der Waals surface area contributed by atoms with Crippen LogP contribution in [0.1, 0.15) is 30.4 Å². The van der Waals surface area contributed by atoms with Gasteiger partial charge in [0.15, 0.2) is 0 Å². The van der Waals surface area contributed by atoms with Gasteiger partial charge < -0.3 is 10.6 Å². The van der Waals surface area contributed by atoms with Gasteiger partial charge in [-0.25, -0.2) is 0 Å². The van der Waals surface area contributed by atoms with Crippen molar-refractivity contribution in [3.63, 3.8) is 0 Å². The van der Waals surface area contributed by atoms with Gasteiger partial charge in [-0.15, -0.1) is 0 Å². The zero-order valence-corrected chi connectivity index (χ0v) is 12.9. The number of anilines is 1. The van der Waals surface area contributed by atoms with Crippen LogP contribution in [-0.4, -0.2) is 18.5 Å². The quantitative estimate of drug-likeness (QED) is 0.945. The minimum atomic E-state index is -0.112. The second-order valence-corrected chi connectivity index (χ2v) is 5.91. The Kier molecular flexibility index (Phi) is 4.25. The first kappa shape index (κ1) is 14.8. The third-order valence-electron chi connectivity index (χ3n) is 4.36. The lowest BCUT2D eigenvalue weighted by Crippen LogP contribution is -2.47. The van der Waals surface area contributed by atoms with Crippen molar-refractivity contribution in [2.75, 3.05) is 11.4 Å². The van der Waals surface area contributed by atoms with E-state index < -0.39 is 0 Å². The summed E-state index contributed by atoms with van der Waals surface area (Å²) in [5.41, 5.74) is 9.42. The molecule has 2 atom stereocenters. The van der Waals surface area contributed by atoms with Crippen molar-refractivity contribution in [3.8, 4) is 0 Å². The number of nitrogens with two attached hydrogens (primary N) is 1. The monoisotopic (exact) mass is 294 g/mol. The topological polar surface area (TPSA) is 46.3 Å². The van der Waals surface area contributed by atoms with Gasteiger partial charge in [-0.1, -0.05) is 55.5 Å². The van der Waals surface area contributed by atoms with Crippen LogP contribution >= 0.6 is 0 Å². The van der Waals surface area contributed by atoms with Gasteiger partial charge in [-0.05, 0) is 30.0 Å². The Labute approximate surface area is 131 Å². The van der Waals surface area contributed by atoms with E-state index in [1.807, 2.05) is 53.4 Å². The largest absolute Gasteiger partial charge is 0.326 e. The minimum absolute atomic E-state index is 0.00660. The summed E-state index contributed by atoms with van der Waals surface area (Å²) in [6.45, 7) is 2.66. The molecule has 0 spiro atoms. The number of amides is 1. The normalized spacial score (nSPS) is 18.6. The van der Waals surface area contributed by atoms with Crippen LogP contribution in [0.3, 0.4) is 0 Å². The van der Waals surface area contributed by atoms with Crippen molar-refractivity contribution >= 4 is 11.6 Å². The summed E-state index contributed by atoms with van der Waals surface area (Å²) in [5, 5.41) is 0. The number of fused-ring (bicyclic) bond motifs is 1. The number of carbonyl (C=O) groups excluding carboxylic acids is 1.